The van der Waals surface area contributed by atoms with Crippen LogP contribution in [0.25, 0.3) is 5.69 Å². The Bertz CT molecular complexity index is 995. The molecule has 1 atom stereocenters. The molecule has 6 nitrogen and oxygen atoms in total. The first-order valence-electron chi connectivity index (χ1n) is 11.0. The molecular weight excluding hydrogens is 364 g/mol. The molecule has 29 heavy (non-hydrogen) atoms. The molecule has 6 heteroatoms. The van der Waals surface area contributed by atoms with Crippen molar-refractivity contribution in [1.82, 2.24) is 19.7 Å². The topological polar surface area (TPSA) is 68.9 Å². The zero-order valence-corrected chi connectivity index (χ0v) is 17.4. The number of hydrogen-bond donors (Lipinski definition) is 1. The normalized spacial score (nSPS) is 29.1. The minimum Gasteiger partial charge on any atom is -0.313 e. The summed E-state index contributed by atoms with van der Waals surface area (Å²) in [6.07, 6.45) is 6.07. The van der Waals surface area contributed by atoms with Crippen LogP contribution in [0, 0.1) is 11.3 Å². The molecule has 1 saturated carbocycles. The Morgan fingerprint density at radius 2 is 1.86 bits per heavy atom. The molecule has 1 unspecified atom stereocenters. The summed E-state index contributed by atoms with van der Waals surface area (Å²) in [5, 5.41) is 8.40. The van der Waals surface area contributed by atoms with Crippen LogP contribution < -0.4 is 11.0 Å². The van der Waals surface area contributed by atoms with E-state index in [-0.39, 0.29) is 23.9 Å². The van der Waals surface area contributed by atoms with Crippen LogP contribution in [0.4, 0.5) is 0 Å². The Labute approximate surface area is 171 Å². The van der Waals surface area contributed by atoms with Gasteiger partial charge in [-0.25, -0.2) is 14.0 Å². The summed E-state index contributed by atoms with van der Waals surface area (Å²) in [4.78, 5) is 25.8. The monoisotopic (exact) mass is 394 g/mol. The summed E-state index contributed by atoms with van der Waals surface area (Å²) in [6.45, 7) is 5.72. The number of nitrogens with zero attached hydrogens (tertiary/aromatic N) is 3. The fourth-order valence-electron chi connectivity index (χ4n) is 6.12. The molecule has 2 fully saturated rings. The third-order valence-electron chi connectivity index (χ3n) is 7.45. The van der Waals surface area contributed by atoms with Crippen LogP contribution in [0.2, 0.25) is 0 Å². The minimum absolute atomic E-state index is 0.0898. The average molecular weight is 395 g/mol. The zero-order valence-electron chi connectivity index (χ0n) is 17.4. The fourth-order valence-corrected chi connectivity index (χ4v) is 6.12. The molecule has 1 aromatic heterocycles. The zero-order chi connectivity index (χ0) is 20.2. The molecule has 1 spiro atoms. The van der Waals surface area contributed by atoms with Crippen LogP contribution in [0.1, 0.15) is 63.4 Å². The van der Waals surface area contributed by atoms with Crippen LogP contribution in [0.15, 0.2) is 29.1 Å². The lowest BCUT2D eigenvalue weighted by Crippen LogP contribution is -2.44. The Balaban J connectivity index is 1.46. The van der Waals surface area contributed by atoms with E-state index >= 15 is 0 Å². The Morgan fingerprint density at radius 3 is 2.62 bits per heavy atom. The molecule has 0 amide bonds. The number of nitrogens with one attached hydrogen (secondary N) is 1. The Hall–Kier alpha value is -2.21. The van der Waals surface area contributed by atoms with Crippen LogP contribution in [0.3, 0.4) is 0 Å². The van der Waals surface area contributed by atoms with E-state index < -0.39 is 0 Å². The van der Waals surface area contributed by atoms with Crippen molar-refractivity contribution in [1.29, 1.82) is 0 Å². The van der Waals surface area contributed by atoms with E-state index in [2.05, 4.69) is 24.3 Å². The first kappa shape index (κ1) is 18.8. The standard InChI is InChI=1S/C23H30N4O2/c1-15(2)21-23(11-12-24-21)9-7-17(8-10-23)27-22(29)26-19-6-4-3-5-16(19)13-18(28)14-20(26)25-27/h3-6,15,17,21,24H,7-14H2,1-2H3. The number of aromatic nitrogens is 3. The molecule has 3 aliphatic rings. The van der Waals surface area contributed by atoms with E-state index in [0.717, 1.165) is 43.5 Å². The lowest BCUT2D eigenvalue weighted by Gasteiger charge is -2.42. The van der Waals surface area contributed by atoms with E-state index in [1.807, 2.05) is 24.3 Å². The number of para-hydroxylation sites is 1. The van der Waals surface area contributed by atoms with Gasteiger partial charge in [-0.2, -0.15) is 5.10 Å². The van der Waals surface area contributed by atoms with Gasteiger partial charge in [0.1, 0.15) is 11.6 Å². The lowest BCUT2D eigenvalue weighted by atomic mass is 9.65. The van der Waals surface area contributed by atoms with Gasteiger partial charge in [-0.1, -0.05) is 32.0 Å². The SMILES string of the molecule is CC(C)C1NCCC12CCC(n1nc3n(c1=O)-c1ccccc1CC(=O)C3)CC2. The number of Topliss-reactive ketones (excluding diaryl/α,β-unsaturated/α-hetero) is 1. The van der Waals surface area contributed by atoms with Crippen molar-refractivity contribution < 1.29 is 4.79 Å². The molecule has 0 bridgehead atoms. The van der Waals surface area contributed by atoms with Gasteiger partial charge in [-0.15, -0.1) is 0 Å². The van der Waals surface area contributed by atoms with E-state index in [0.29, 0.717) is 29.6 Å². The number of hydrogen-bond acceptors (Lipinski definition) is 4. The van der Waals surface area contributed by atoms with E-state index in [1.165, 1.54) is 6.42 Å². The summed E-state index contributed by atoms with van der Waals surface area (Å²) in [5.41, 5.74) is 2.01. The summed E-state index contributed by atoms with van der Waals surface area (Å²) < 4.78 is 3.36. The minimum atomic E-state index is -0.0898. The van der Waals surface area contributed by atoms with E-state index in [4.69, 9.17) is 0 Å². The first-order valence-corrected chi connectivity index (χ1v) is 11.0. The lowest BCUT2D eigenvalue weighted by molar-refractivity contribution is -0.117. The molecule has 1 saturated heterocycles. The third-order valence-corrected chi connectivity index (χ3v) is 7.45. The van der Waals surface area contributed by atoms with Crippen LogP contribution >= 0.6 is 0 Å². The van der Waals surface area contributed by atoms with Crippen molar-refractivity contribution in [3.05, 3.63) is 46.1 Å². The molecule has 5 rings (SSSR count). The molecule has 1 aromatic carbocycles. The summed E-state index contributed by atoms with van der Waals surface area (Å²) in [7, 11) is 0. The third kappa shape index (κ3) is 3.00. The predicted octanol–water partition coefficient (Wildman–Crippen LogP) is 2.82. The maximum Gasteiger partial charge on any atom is 0.350 e. The fraction of sp³-hybridized carbons (Fsp3) is 0.609. The number of rotatable bonds is 2. The molecule has 2 aromatic rings. The molecule has 1 N–H and O–H groups in total. The molecule has 2 aliphatic heterocycles. The van der Waals surface area contributed by atoms with Gasteiger partial charge in [0, 0.05) is 12.5 Å². The number of carbonyl (C=O) groups is 1. The molecule has 1 aliphatic carbocycles. The average Bonchev–Trinajstić information content (AvgIpc) is 3.20. The van der Waals surface area contributed by atoms with Gasteiger partial charge < -0.3 is 5.32 Å². The van der Waals surface area contributed by atoms with Gasteiger partial charge in [0.05, 0.1) is 18.2 Å². The van der Waals surface area contributed by atoms with Gasteiger partial charge in [0.15, 0.2) is 0 Å². The highest BCUT2D eigenvalue weighted by Crippen LogP contribution is 2.49. The maximum atomic E-state index is 13.4. The molecule has 3 heterocycles. The number of benzene rings is 1. The second kappa shape index (κ2) is 6.94. The van der Waals surface area contributed by atoms with Crippen molar-refractivity contribution in [3.8, 4) is 5.69 Å². The van der Waals surface area contributed by atoms with Gasteiger partial charge in [-0.3, -0.25) is 4.79 Å². The van der Waals surface area contributed by atoms with Gasteiger partial charge in [-0.05, 0) is 61.6 Å². The van der Waals surface area contributed by atoms with Crippen LogP contribution in [-0.4, -0.2) is 32.7 Å². The first-order chi connectivity index (χ1) is 14.0. The van der Waals surface area contributed by atoms with Crippen molar-refractivity contribution >= 4 is 5.78 Å². The number of carbonyl (C=O) groups excluding carboxylic acids is 1. The molecule has 154 valence electrons. The van der Waals surface area contributed by atoms with Crippen molar-refractivity contribution in [2.45, 2.75) is 70.9 Å². The van der Waals surface area contributed by atoms with Crippen molar-refractivity contribution in [2.24, 2.45) is 11.3 Å². The van der Waals surface area contributed by atoms with Gasteiger partial charge in [0.2, 0.25) is 0 Å². The largest absolute Gasteiger partial charge is 0.350 e. The van der Waals surface area contributed by atoms with Crippen LogP contribution in [-0.2, 0) is 17.6 Å². The number of fused-ring (bicyclic) bond motifs is 3. The van der Waals surface area contributed by atoms with E-state index in [9.17, 15) is 9.59 Å². The Kier molecular flexibility index (Phi) is 4.50. The Morgan fingerprint density at radius 1 is 1.10 bits per heavy atom. The van der Waals surface area contributed by atoms with Crippen LogP contribution in [0.5, 0.6) is 0 Å². The summed E-state index contributed by atoms with van der Waals surface area (Å²) >= 11 is 0. The maximum absolute atomic E-state index is 13.4. The highest BCUT2D eigenvalue weighted by molar-refractivity contribution is 5.84. The smallest absolute Gasteiger partial charge is 0.313 e. The predicted molar refractivity (Wildman–Crippen MR) is 111 cm³/mol. The van der Waals surface area contributed by atoms with Gasteiger partial charge in [0.25, 0.3) is 0 Å². The second-order valence-electron chi connectivity index (χ2n) is 9.52. The highest BCUT2D eigenvalue weighted by Gasteiger charge is 2.46. The van der Waals surface area contributed by atoms with E-state index in [1.54, 1.807) is 9.25 Å². The molecular formula is C23H30N4O2. The van der Waals surface area contributed by atoms with Gasteiger partial charge >= 0.3 is 5.69 Å². The number of ketones is 1. The quantitative estimate of drug-likeness (QED) is 0.850. The van der Waals surface area contributed by atoms with Crippen molar-refractivity contribution in [3.63, 3.8) is 0 Å². The highest BCUT2D eigenvalue weighted by atomic mass is 16.2. The summed E-state index contributed by atoms with van der Waals surface area (Å²) in [6, 6.07) is 8.42. The van der Waals surface area contributed by atoms with Crippen molar-refractivity contribution in [2.75, 3.05) is 6.54 Å². The summed E-state index contributed by atoms with van der Waals surface area (Å²) in [5.74, 6) is 1.34. The second-order valence-corrected chi connectivity index (χ2v) is 9.52. The molecule has 0 radical (unpaired) electrons.